The summed E-state index contributed by atoms with van der Waals surface area (Å²) in [6, 6.07) is 10.1. The lowest BCUT2D eigenvalue weighted by Crippen LogP contribution is -2.03. The first kappa shape index (κ1) is 13.3. The Kier molecular flexibility index (Phi) is 3.17. The smallest absolute Gasteiger partial charge is 0.237 e. The van der Waals surface area contributed by atoms with Crippen LogP contribution in [0, 0.1) is 0 Å². The maximum Gasteiger partial charge on any atom is 0.416 e. The van der Waals surface area contributed by atoms with Crippen LogP contribution in [0.4, 0.5) is 13.2 Å². The van der Waals surface area contributed by atoms with Crippen LogP contribution in [0.1, 0.15) is 5.56 Å². The molecule has 3 aromatic rings. The molecular formula is C14H9F3N4. The molecule has 1 aromatic carbocycles. The Hall–Kier alpha value is -2.70. The Balaban J connectivity index is 1.90. The number of hydrogen-bond acceptors (Lipinski definition) is 3. The zero-order chi connectivity index (χ0) is 14.9. The number of alkyl halides is 3. The van der Waals surface area contributed by atoms with E-state index in [9.17, 15) is 13.2 Å². The average Bonchev–Trinajstić information content (AvgIpc) is 2.97. The lowest BCUT2D eigenvalue weighted by Gasteiger charge is -2.06. The highest BCUT2D eigenvalue weighted by Gasteiger charge is 2.30. The fraction of sp³-hybridized carbons (Fsp3) is 0.0714. The molecule has 0 amide bonds. The normalized spacial score (nSPS) is 11.6. The molecule has 21 heavy (non-hydrogen) atoms. The van der Waals surface area contributed by atoms with E-state index in [1.807, 2.05) is 6.07 Å². The quantitative estimate of drug-likeness (QED) is 0.727. The molecule has 7 heteroatoms. The van der Waals surface area contributed by atoms with Crippen molar-refractivity contribution in [2.75, 3.05) is 0 Å². The zero-order valence-corrected chi connectivity index (χ0v) is 10.6. The van der Waals surface area contributed by atoms with E-state index in [-0.39, 0.29) is 0 Å². The molecule has 0 fully saturated rings. The van der Waals surface area contributed by atoms with Gasteiger partial charge in [-0.2, -0.15) is 13.2 Å². The summed E-state index contributed by atoms with van der Waals surface area (Å²) in [6.45, 7) is 0. The number of aromatic nitrogens is 4. The third kappa shape index (κ3) is 2.76. The van der Waals surface area contributed by atoms with Crippen LogP contribution in [0.3, 0.4) is 0 Å². The molecule has 2 heterocycles. The second-order valence-corrected chi connectivity index (χ2v) is 4.31. The predicted octanol–water partition coefficient (Wildman–Crippen LogP) is 3.35. The maximum absolute atomic E-state index is 12.5. The Morgan fingerprint density at radius 3 is 2.33 bits per heavy atom. The van der Waals surface area contributed by atoms with Crippen molar-refractivity contribution >= 4 is 0 Å². The molecule has 0 N–H and O–H groups in total. The first-order valence-electron chi connectivity index (χ1n) is 6.05. The van der Waals surface area contributed by atoms with Crippen LogP contribution in [-0.2, 0) is 6.18 Å². The molecule has 0 aliphatic rings. The SMILES string of the molecule is FC(F)(F)c1ccc(-c2cn(-c3ccccn3)nn2)cc1. The number of pyridine rings is 1. The molecule has 0 atom stereocenters. The van der Waals surface area contributed by atoms with Gasteiger partial charge in [-0.05, 0) is 24.3 Å². The number of halogens is 3. The van der Waals surface area contributed by atoms with Crippen molar-refractivity contribution < 1.29 is 13.2 Å². The lowest BCUT2D eigenvalue weighted by molar-refractivity contribution is -0.137. The van der Waals surface area contributed by atoms with Gasteiger partial charge in [-0.1, -0.05) is 23.4 Å². The molecule has 3 rings (SSSR count). The largest absolute Gasteiger partial charge is 0.416 e. The summed E-state index contributed by atoms with van der Waals surface area (Å²) in [4.78, 5) is 4.11. The van der Waals surface area contributed by atoms with Crippen molar-refractivity contribution in [1.29, 1.82) is 0 Å². The van der Waals surface area contributed by atoms with Crippen LogP contribution in [0.15, 0.2) is 54.9 Å². The summed E-state index contributed by atoms with van der Waals surface area (Å²) in [7, 11) is 0. The molecule has 0 unspecified atom stereocenters. The second-order valence-electron chi connectivity index (χ2n) is 4.31. The first-order chi connectivity index (χ1) is 10.0. The highest BCUT2D eigenvalue weighted by molar-refractivity contribution is 5.58. The minimum absolute atomic E-state index is 0.481. The van der Waals surface area contributed by atoms with Gasteiger partial charge in [0.05, 0.1) is 11.8 Å². The number of rotatable bonds is 2. The number of nitrogens with zero attached hydrogens (tertiary/aromatic N) is 4. The lowest BCUT2D eigenvalue weighted by atomic mass is 10.1. The summed E-state index contributed by atoms with van der Waals surface area (Å²) in [5, 5.41) is 7.86. The highest BCUT2D eigenvalue weighted by atomic mass is 19.4. The molecule has 0 radical (unpaired) electrons. The van der Waals surface area contributed by atoms with Crippen LogP contribution in [0.2, 0.25) is 0 Å². The van der Waals surface area contributed by atoms with E-state index in [2.05, 4.69) is 15.3 Å². The minimum Gasteiger partial charge on any atom is -0.237 e. The molecule has 2 aromatic heterocycles. The molecular weight excluding hydrogens is 281 g/mol. The second kappa shape index (κ2) is 5.01. The number of benzene rings is 1. The van der Waals surface area contributed by atoms with Gasteiger partial charge in [-0.25, -0.2) is 9.67 Å². The van der Waals surface area contributed by atoms with Gasteiger partial charge in [0.15, 0.2) is 5.82 Å². The summed E-state index contributed by atoms with van der Waals surface area (Å²) in [5.74, 6) is 0.586. The molecule has 0 bridgehead atoms. The first-order valence-corrected chi connectivity index (χ1v) is 6.05. The number of hydrogen-bond donors (Lipinski definition) is 0. The van der Waals surface area contributed by atoms with Crippen LogP contribution in [0.25, 0.3) is 17.1 Å². The van der Waals surface area contributed by atoms with E-state index in [0.717, 1.165) is 12.1 Å². The van der Waals surface area contributed by atoms with E-state index >= 15 is 0 Å². The van der Waals surface area contributed by atoms with Crippen molar-refractivity contribution in [1.82, 2.24) is 20.0 Å². The van der Waals surface area contributed by atoms with Gasteiger partial charge in [-0.15, -0.1) is 5.10 Å². The summed E-state index contributed by atoms with van der Waals surface area (Å²) in [6.07, 6.45) is -1.11. The van der Waals surface area contributed by atoms with E-state index < -0.39 is 11.7 Å². The van der Waals surface area contributed by atoms with Crippen molar-refractivity contribution in [3.63, 3.8) is 0 Å². The fourth-order valence-electron chi connectivity index (χ4n) is 1.83. The Labute approximate surface area is 117 Å². The van der Waals surface area contributed by atoms with Gasteiger partial charge in [0, 0.05) is 11.8 Å². The summed E-state index contributed by atoms with van der Waals surface area (Å²) < 4.78 is 39.0. The third-order valence-electron chi connectivity index (χ3n) is 2.89. The van der Waals surface area contributed by atoms with Crippen molar-refractivity contribution in [2.24, 2.45) is 0 Å². The molecule has 0 saturated carbocycles. The molecule has 4 nitrogen and oxygen atoms in total. The van der Waals surface area contributed by atoms with E-state index in [0.29, 0.717) is 17.1 Å². The van der Waals surface area contributed by atoms with Gasteiger partial charge in [0.25, 0.3) is 0 Å². The monoisotopic (exact) mass is 290 g/mol. The molecule has 0 aliphatic heterocycles. The van der Waals surface area contributed by atoms with Crippen molar-refractivity contribution in [3.05, 3.63) is 60.4 Å². The maximum atomic E-state index is 12.5. The molecule has 106 valence electrons. The van der Waals surface area contributed by atoms with Crippen LogP contribution in [-0.4, -0.2) is 20.0 Å². The molecule has 0 spiro atoms. The third-order valence-corrected chi connectivity index (χ3v) is 2.89. The zero-order valence-electron chi connectivity index (χ0n) is 10.6. The predicted molar refractivity (Wildman–Crippen MR) is 69.6 cm³/mol. The van der Waals surface area contributed by atoms with Crippen molar-refractivity contribution in [2.45, 2.75) is 6.18 Å². The standard InChI is InChI=1S/C14H9F3N4/c15-14(16,17)11-6-4-10(5-7-11)12-9-21(20-19-12)13-3-1-2-8-18-13/h1-9H. The topological polar surface area (TPSA) is 43.6 Å². The van der Waals surface area contributed by atoms with Gasteiger partial charge >= 0.3 is 6.18 Å². The Bertz CT molecular complexity index is 733. The average molecular weight is 290 g/mol. The highest BCUT2D eigenvalue weighted by Crippen LogP contribution is 2.30. The Morgan fingerprint density at radius 1 is 0.952 bits per heavy atom. The van der Waals surface area contributed by atoms with Crippen LogP contribution in [0.5, 0.6) is 0 Å². The van der Waals surface area contributed by atoms with Gasteiger partial charge < -0.3 is 0 Å². The molecule has 0 aliphatic carbocycles. The fourth-order valence-corrected chi connectivity index (χ4v) is 1.83. The minimum atomic E-state index is -4.34. The summed E-state index contributed by atoms with van der Waals surface area (Å²) in [5.41, 5.74) is 0.350. The van der Waals surface area contributed by atoms with Gasteiger partial charge in [0.2, 0.25) is 0 Å². The van der Waals surface area contributed by atoms with E-state index in [4.69, 9.17) is 0 Å². The van der Waals surface area contributed by atoms with Crippen molar-refractivity contribution in [3.8, 4) is 17.1 Å². The summed E-state index contributed by atoms with van der Waals surface area (Å²) >= 11 is 0. The Morgan fingerprint density at radius 2 is 1.71 bits per heavy atom. The van der Waals surface area contributed by atoms with E-state index in [1.165, 1.54) is 16.8 Å². The van der Waals surface area contributed by atoms with E-state index in [1.54, 1.807) is 24.5 Å². The van der Waals surface area contributed by atoms with Gasteiger partial charge in [-0.3, -0.25) is 0 Å². The van der Waals surface area contributed by atoms with Crippen LogP contribution < -0.4 is 0 Å². The van der Waals surface area contributed by atoms with Crippen LogP contribution >= 0.6 is 0 Å². The molecule has 0 saturated heterocycles. The van der Waals surface area contributed by atoms with Gasteiger partial charge in [0.1, 0.15) is 5.69 Å².